The number of rotatable bonds is 1. The highest BCUT2D eigenvalue weighted by atomic mass is 15.2. The van der Waals surface area contributed by atoms with E-state index in [0.717, 1.165) is 24.9 Å². The number of hydrogen-bond donors (Lipinski definition) is 0. The van der Waals surface area contributed by atoms with E-state index in [1.165, 1.54) is 38.6 Å². The highest BCUT2D eigenvalue weighted by Gasteiger charge is 2.28. The maximum atomic E-state index is 8.81. The highest BCUT2D eigenvalue weighted by Crippen LogP contribution is 2.27. The second-order valence-electron chi connectivity index (χ2n) is 6.13. The number of hydrogen-bond acceptors (Lipinski definition) is 2. The molecule has 2 aliphatic rings. The normalized spacial score (nSPS) is 23.9. The molecule has 1 saturated heterocycles. The molecule has 2 rings (SSSR count). The van der Waals surface area contributed by atoms with E-state index < -0.39 is 0 Å². The van der Waals surface area contributed by atoms with Gasteiger partial charge in [0.25, 0.3) is 0 Å². The lowest BCUT2D eigenvalue weighted by Gasteiger charge is -2.30. The molecule has 1 saturated carbocycles. The Balaban J connectivity index is 0.000000467. The van der Waals surface area contributed by atoms with Crippen LogP contribution >= 0.6 is 0 Å². The van der Waals surface area contributed by atoms with Gasteiger partial charge in [0.15, 0.2) is 0 Å². The maximum Gasteiger partial charge on any atom is 0.0669 e. The summed E-state index contributed by atoms with van der Waals surface area (Å²) in [5, 5.41) is 8.81. The van der Waals surface area contributed by atoms with Crippen LogP contribution in [-0.2, 0) is 0 Å². The molecular formula is C17H34N2. The number of likely N-dealkylation sites (tertiary alicyclic amines) is 1. The van der Waals surface area contributed by atoms with E-state index >= 15 is 0 Å². The Labute approximate surface area is 121 Å². The van der Waals surface area contributed by atoms with Gasteiger partial charge in [-0.1, -0.05) is 53.9 Å². The molecule has 0 bridgehead atoms. The zero-order chi connectivity index (χ0) is 14.7. The first kappa shape index (κ1) is 18.4. The molecule has 0 radical (unpaired) electrons. The molecule has 0 N–H and O–H groups in total. The monoisotopic (exact) mass is 266 g/mol. The van der Waals surface area contributed by atoms with Crippen molar-refractivity contribution in [2.75, 3.05) is 13.1 Å². The standard InChI is InChI=1S/C11H18N2.C4H10.C2H6/c12-8-10-6-7-13(9-10)11-4-2-1-3-5-11;1-4(2)3;1-2/h10-11H,1-7,9H2;4H,1-3H3;1-2H3. The van der Waals surface area contributed by atoms with Gasteiger partial charge in [-0.15, -0.1) is 0 Å². The predicted molar refractivity (Wildman–Crippen MR) is 84.0 cm³/mol. The van der Waals surface area contributed by atoms with Gasteiger partial charge in [-0.2, -0.15) is 5.26 Å². The lowest BCUT2D eigenvalue weighted by atomic mass is 9.94. The van der Waals surface area contributed by atoms with Crippen LogP contribution in [0.4, 0.5) is 0 Å². The molecule has 1 atom stereocenters. The Bertz CT molecular complexity index is 233. The second kappa shape index (κ2) is 11.3. The summed E-state index contributed by atoms with van der Waals surface area (Å²) in [6.45, 7) is 12.7. The van der Waals surface area contributed by atoms with Crippen molar-refractivity contribution < 1.29 is 0 Å². The molecule has 0 aromatic carbocycles. The Hall–Kier alpha value is -0.550. The zero-order valence-electron chi connectivity index (χ0n) is 13.8. The minimum absolute atomic E-state index is 0.321. The van der Waals surface area contributed by atoms with Crippen LogP contribution in [0.2, 0.25) is 0 Å². The highest BCUT2D eigenvalue weighted by molar-refractivity contribution is 4.93. The Morgan fingerprint density at radius 2 is 1.53 bits per heavy atom. The molecule has 0 spiro atoms. The summed E-state index contributed by atoms with van der Waals surface area (Å²) in [6.07, 6.45) is 8.08. The molecule has 0 aromatic heterocycles. The second-order valence-corrected chi connectivity index (χ2v) is 6.13. The molecule has 1 unspecified atom stereocenters. The fraction of sp³-hybridized carbons (Fsp3) is 0.941. The van der Waals surface area contributed by atoms with Crippen LogP contribution in [0.25, 0.3) is 0 Å². The van der Waals surface area contributed by atoms with Crippen molar-refractivity contribution in [1.82, 2.24) is 4.90 Å². The van der Waals surface area contributed by atoms with Crippen LogP contribution in [0.5, 0.6) is 0 Å². The molecule has 112 valence electrons. The topological polar surface area (TPSA) is 27.0 Å². The van der Waals surface area contributed by atoms with Crippen molar-refractivity contribution in [2.24, 2.45) is 11.8 Å². The van der Waals surface area contributed by atoms with Crippen molar-refractivity contribution in [1.29, 1.82) is 5.26 Å². The largest absolute Gasteiger partial charge is 0.299 e. The SMILES string of the molecule is CC.CC(C)C.N#CC1CCN(C2CCCCC2)C1. The van der Waals surface area contributed by atoms with Gasteiger partial charge in [0.05, 0.1) is 12.0 Å². The van der Waals surface area contributed by atoms with Crippen molar-refractivity contribution >= 4 is 0 Å². The minimum Gasteiger partial charge on any atom is -0.299 e. The maximum absolute atomic E-state index is 8.81. The minimum atomic E-state index is 0.321. The first-order valence-corrected chi connectivity index (χ1v) is 8.27. The van der Waals surface area contributed by atoms with Gasteiger partial charge in [-0.3, -0.25) is 4.90 Å². The molecule has 19 heavy (non-hydrogen) atoms. The quantitative estimate of drug-likeness (QED) is 0.678. The fourth-order valence-electron chi connectivity index (χ4n) is 2.67. The molecule has 2 nitrogen and oxygen atoms in total. The van der Waals surface area contributed by atoms with Crippen molar-refractivity contribution in [3.63, 3.8) is 0 Å². The van der Waals surface area contributed by atoms with Gasteiger partial charge in [0.1, 0.15) is 0 Å². The summed E-state index contributed by atoms with van der Waals surface area (Å²) >= 11 is 0. The lowest BCUT2D eigenvalue weighted by molar-refractivity contribution is 0.188. The van der Waals surface area contributed by atoms with Crippen LogP contribution in [0.1, 0.15) is 73.1 Å². The summed E-state index contributed by atoms with van der Waals surface area (Å²) < 4.78 is 0. The van der Waals surface area contributed by atoms with Gasteiger partial charge in [0.2, 0.25) is 0 Å². The van der Waals surface area contributed by atoms with Gasteiger partial charge < -0.3 is 0 Å². The molecule has 0 aromatic rings. The van der Waals surface area contributed by atoms with E-state index in [-0.39, 0.29) is 0 Å². The zero-order valence-corrected chi connectivity index (χ0v) is 13.8. The van der Waals surface area contributed by atoms with Gasteiger partial charge in [-0.25, -0.2) is 0 Å². The van der Waals surface area contributed by atoms with Gasteiger partial charge >= 0.3 is 0 Å². The van der Waals surface area contributed by atoms with E-state index in [2.05, 4.69) is 31.7 Å². The summed E-state index contributed by atoms with van der Waals surface area (Å²) in [6, 6.07) is 3.20. The van der Waals surface area contributed by atoms with Gasteiger partial charge in [-0.05, 0) is 31.7 Å². The molecule has 2 fully saturated rings. The lowest BCUT2D eigenvalue weighted by Crippen LogP contribution is -2.34. The van der Waals surface area contributed by atoms with Crippen LogP contribution in [0.15, 0.2) is 0 Å². The van der Waals surface area contributed by atoms with Crippen LogP contribution in [0.3, 0.4) is 0 Å². The molecule has 1 aliphatic heterocycles. The summed E-state index contributed by atoms with van der Waals surface area (Å²) in [5.74, 6) is 1.15. The summed E-state index contributed by atoms with van der Waals surface area (Å²) in [4.78, 5) is 2.55. The summed E-state index contributed by atoms with van der Waals surface area (Å²) in [7, 11) is 0. The third-order valence-corrected chi connectivity index (χ3v) is 3.49. The van der Waals surface area contributed by atoms with Crippen LogP contribution in [0, 0.1) is 23.2 Å². The average molecular weight is 266 g/mol. The molecule has 0 amide bonds. The Kier molecular flexibility index (Phi) is 11.0. The fourth-order valence-corrected chi connectivity index (χ4v) is 2.67. The Morgan fingerprint density at radius 3 is 1.95 bits per heavy atom. The molecule has 2 heteroatoms. The van der Waals surface area contributed by atoms with E-state index in [0.29, 0.717) is 5.92 Å². The van der Waals surface area contributed by atoms with Crippen molar-refractivity contribution in [3.05, 3.63) is 0 Å². The predicted octanol–water partition coefficient (Wildman–Crippen LogP) is 4.85. The number of nitrogens with zero attached hydrogens (tertiary/aromatic N) is 2. The summed E-state index contributed by atoms with van der Waals surface area (Å²) in [5.41, 5.74) is 0. The van der Waals surface area contributed by atoms with Crippen LogP contribution in [-0.4, -0.2) is 24.0 Å². The average Bonchev–Trinajstić information content (AvgIpc) is 2.90. The number of nitriles is 1. The third-order valence-electron chi connectivity index (χ3n) is 3.49. The van der Waals surface area contributed by atoms with E-state index in [1.807, 2.05) is 13.8 Å². The smallest absolute Gasteiger partial charge is 0.0669 e. The first-order chi connectivity index (χ1) is 9.13. The van der Waals surface area contributed by atoms with Crippen molar-refractivity contribution in [2.45, 2.75) is 79.2 Å². The van der Waals surface area contributed by atoms with Gasteiger partial charge in [0, 0.05) is 12.6 Å². The van der Waals surface area contributed by atoms with E-state index in [4.69, 9.17) is 5.26 Å². The third kappa shape index (κ3) is 8.26. The van der Waals surface area contributed by atoms with Crippen LogP contribution < -0.4 is 0 Å². The van der Waals surface area contributed by atoms with E-state index in [9.17, 15) is 0 Å². The van der Waals surface area contributed by atoms with E-state index in [1.54, 1.807) is 0 Å². The molecule has 1 aliphatic carbocycles. The Morgan fingerprint density at radius 1 is 1.00 bits per heavy atom. The molecule has 1 heterocycles. The first-order valence-electron chi connectivity index (χ1n) is 8.27. The van der Waals surface area contributed by atoms with Crippen molar-refractivity contribution in [3.8, 4) is 6.07 Å². The molecular weight excluding hydrogens is 232 g/mol.